The maximum absolute atomic E-state index is 12.4. The molecule has 2 aromatic carbocycles. The van der Waals surface area contributed by atoms with E-state index in [1.165, 1.54) is 23.5 Å². The largest absolute Gasteiger partial charge is 0.573 e. The number of hydrogen-bond acceptors (Lipinski definition) is 8. The Morgan fingerprint density at radius 3 is 2.50 bits per heavy atom. The molecule has 0 bridgehead atoms. The van der Waals surface area contributed by atoms with Gasteiger partial charge in [0.05, 0.1) is 13.2 Å². The molecule has 0 amide bonds. The lowest BCUT2D eigenvalue weighted by molar-refractivity contribution is -0.368. The molecular weight excluding hydrogens is 477 g/mol. The molecule has 0 aliphatic carbocycles. The summed E-state index contributed by atoms with van der Waals surface area (Å²) in [6, 6.07) is 9.32. The summed E-state index contributed by atoms with van der Waals surface area (Å²) in [5.41, 5.74) is 2.91. The molecule has 1 spiro atoms. The monoisotopic (exact) mass is 498 g/mol. The number of aliphatic hydroxyl groups excluding tert-OH is 4. The van der Waals surface area contributed by atoms with E-state index in [0.717, 1.165) is 26.8 Å². The summed E-state index contributed by atoms with van der Waals surface area (Å²) in [7, 11) is 0. The van der Waals surface area contributed by atoms with Crippen molar-refractivity contribution in [3.8, 4) is 5.75 Å². The highest BCUT2D eigenvalue weighted by Gasteiger charge is 2.58. The minimum atomic E-state index is -4.76. The summed E-state index contributed by atoms with van der Waals surface area (Å²) < 4.78 is 53.7. The molecule has 0 radical (unpaired) electrons. The van der Waals surface area contributed by atoms with Gasteiger partial charge in [-0.15, -0.1) is 24.5 Å². The van der Waals surface area contributed by atoms with Gasteiger partial charge in [0.15, 0.2) is 0 Å². The summed E-state index contributed by atoms with van der Waals surface area (Å²) in [6.45, 7) is -0.470. The number of thiophene rings is 1. The third-order valence-corrected chi connectivity index (χ3v) is 7.19. The second kappa shape index (κ2) is 8.45. The van der Waals surface area contributed by atoms with Crippen molar-refractivity contribution in [2.24, 2.45) is 0 Å². The topological polar surface area (TPSA) is 109 Å². The fourth-order valence-corrected chi connectivity index (χ4v) is 5.53. The maximum Gasteiger partial charge on any atom is 0.573 e. The molecule has 3 heterocycles. The van der Waals surface area contributed by atoms with E-state index in [9.17, 15) is 33.6 Å². The molecule has 11 heteroatoms. The molecule has 34 heavy (non-hydrogen) atoms. The first-order valence-electron chi connectivity index (χ1n) is 10.5. The van der Waals surface area contributed by atoms with Crippen LogP contribution in [0.25, 0.3) is 10.1 Å². The quantitative estimate of drug-likeness (QED) is 0.438. The fourth-order valence-electron chi connectivity index (χ4n) is 4.52. The highest BCUT2D eigenvalue weighted by atomic mass is 32.1. The van der Waals surface area contributed by atoms with Gasteiger partial charge in [-0.05, 0) is 58.1 Å². The Labute approximate surface area is 195 Å². The summed E-state index contributed by atoms with van der Waals surface area (Å²) in [5.74, 6) is -2.04. The van der Waals surface area contributed by atoms with E-state index in [2.05, 4.69) is 4.74 Å². The molecule has 4 N–H and O–H groups in total. The average Bonchev–Trinajstić information content (AvgIpc) is 3.35. The van der Waals surface area contributed by atoms with Crippen LogP contribution in [0.5, 0.6) is 5.75 Å². The van der Waals surface area contributed by atoms with Gasteiger partial charge in [-0.3, -0.25) is 0 Å². The molecule has 182 valence electrons. The number of rotatable bonds is 4. The Balaban J connectivity index is 1.48. The van der Waals surface area contributed by atoms with Gasteiger partial charge in [-0.25, -0.2) is 0 Å². The van der Waals surface area contributed by atoms with Crippen molar-refractivity contribution in [3.05, 3.63) is 64.0 Å². The van der Waals surface area contributed by atoms with Gasteiger partial charge in [0, 0.05) is 10.3 Å². The van der Waals surface area contributed by atoms with E-state index in [1.54, 1.807) is 18.2 Å². The predicted molar refractivity (Wildman–Crippen MR) is 114 cm³/mol. The molecule has 0 saturated carbocycles. The molecule has 0 unspecified atom stereocenters. The van der Waals surface area contributed by atoms with Gasteiger partial charge in [0.2, 0.25) is 5.79 Å². The van der Waals surface area contributed by atoms with Crippen molar-refractivity contribution in [3.63, 3.8) is 0 Å². The first-order valence-corrected chi connectivity index (χ1v) is 11.3. The van der Waals surface area contributed by atoms with Crippen LogP contribution < -0.4 is 4.74 Å². The zero-order valence-electron chi connectivity index (χ0n) is 17.5. The predicted octanol–water partition coefficient (Wildman–Crippen LogP) is 2.55. The maximum atomic E-state index is 12.4. The summed E-state index contributed by atoms with van der Waals surface area (Å²) >= 11 is 1.49. The van der Waals surface area contributed by atoms with Crippen molar-refractivity contribution in [2.75, 3.05) is 6.61 Å². The van der Waals surface area contributed by atoms with Gasteiger partial charge in [0.1, 0.15) is 30.2 Å². The van der Waals surface area contributed by atoms with Crippen LogP contribution in [-0.2, 0) is 28.3 Å². The lowest BCUT2D eigenvalue weighted by atomic mass is 9.87. The third-order valence-electron chi connectivity index (χ3n) is 6.20. The van der Waals surface area contributed by atoms with Crippen molar-refractivity contribution >= 4 is 21.4 Å². The Morgan fingerprint density at radius 1 is 1.09 bits per heavy atom. The lowest BCUT2D eigenvalue weighted by Gasteiger charge is -2.46. The molecule has 3 aromatic rings. The molecule has 5 rings (SSSR count). The second-order valence-corrected chi connectivity index (χ2v) is 9.27. The molecular formula is C23H21F3O7S. The van der Waals surface area contributed by atoms with E-state index >= 15 is 0 Å². The molecule has 2 aliphatic heterocycles. The number of benzene rings is 2. The fraction of sp³-hybridized carbons (Fsp3) is 0.391. The number of alkyl halides is 3. The zero-order valence-corrected chi connectivity index (χ0v) is 18.3. The highest BCUT2D eigenvalue weighted by Crippen LogP contribution is 2.48. The van der Waals surface area contributed by atoms with Gasteiger partial charge in [-0.2, -0.15) is 0 Å². The number of fused-ring (bicyclic) bond motifs is 3. The van der Waals surface area contributed by atoms with Crippen LogP contribution in [0.4, 0.5) is 13.2 Å². The Kier molecular flexibility index (Phi) is 5.84. The van der Waals surface area contributed by atoms with Crippen LogP contribution in [0.3, 0.4) is 0 Å². The van der Waals surface area contributed by atoms with Crippen LogP contribution in [0, 0.1) is 0 Å². The average molecular weight is 498 g/mol. The van der Waals surface area contributed by atoms with Crippen molar-refractivity contribution < 1.29 is 47.8 Å². The van der Waals surface area contributed by atoms with Crippen LogP contribution in [0.15, 0.2) is 41.8 Å². The zero-order chi connectivity index (χ0) is 24.3. The van der Waals surface area contributed by atoms with E-state index in [0.29, 0.717) is 12.0 Å². The van der Waals surface area contributed by atoms with Gasteiger partial charge >= 0.3 is 6.36 Å². The van der Waals surface area contributed by atoms with Crippen molar-refractivity contribution in [2.45, 2.75) is 49.6 Å². The van der Waals surface area contributed by atoms with E-state index in [4.69, 9.17) is 9.47 Å². The molecule has 5 atom stereocenters. The number of ether oxygens (including phenoxy) is 3. The Morgan fingerprint density at radius 2 is 1.82 bits per heavy atom. The van der Waals surface area contributed by atoms with Gasteiger partial charge in [-0.1, -0.05) is 12.1 Å². The van der Waals surface area contributed by atoms with Crippen LogP contribution in [-0.4, -0.2) is 57.8 Å². The molecule has 1 saturated heterocycles. The highest BCUT2D eigenvalue weighted by molar-refractivity contribution is 7.17. The Hall–Kier alpha value is -2.25. The molecule has 1 fully saturated rings. The molecule has 2 aliphatic rings. The van der Waals surface area contributed by atoms with Crippen LogP contribution >= 0.6 is 11.3 Å². The molecule has 1 aromatic heterocycles. The van der Waals surface area contributed by atoms with Crippen LogP contribution in [0.1, 0.15) is 22.3 Å². The first-order chi connectivity index (χ1) is 16.1. The molecule has 7 nitrogen and oxygen atoms in total. The number of hydrogen-bond donors (Lipinski definition) is 4. The standard InChI is InChI=1S/C23H21F3O7S/c24-23(25,26)32-14-3-1-11(2-4-14)5-13-10-34-18-6-12-9-31-22(16(12)7-15(13)18)21(30)20(29)19(28)17(8-27)33-22/h1-4,6-7,10,17,19-21,27-30H,5,8-9H2/t17-,19-,20+,21-,22+/m1/s1. The SMILES string of the molecule is OC[C@H]1O[C@]2(OCc3cc4scc(Cc5ccc(OC(F)(F)F)cc5)c4cc32)[C@H](O)[C@@H](O)[C@@H]1O. The second-order valence-electron chi connectivity index (χ2n) is 8.36. The van der Waals surface area contributed by atoms with E-state index in [1.807, 2.05) is 11.4 Å². The summed E-state index contributed by atoms with van der Waals surface area (Å²) in [5, 5.41) is 43.6. The van der Waals surface area contributed by atoms with Crippen LogP contribution in [0.2, 0.25) is 0 Å². The smallest absolute Gasteiger partial charge is 0.406 e. The van der Waals surface area contributed by atoms with Gasteiger partial charge < -0.3 is 34.6 Å². The summed E-state index contributed by atoms with van der Waals surface area (Å²) in [4.78, 5) is 0. The van der Waals surface area contributed by atoms with Gasteiger partial charge in [0.25, 0.3) is 0 Å². The first kappa shape index (κ1) is 23.5. The Bertz CT molecular complexity index is 1190. The minimum absolute atomic E-state index is 0.108. The third kappa shape index (κ3) is 3.97. The summed E-state index contributed by atoms with van der Waals surface area (Å²) in [6.07, 6.45) is -10.1. The van der Waals surface area contributed by atoms with Crippen molar-refractivity contribution in [1.29, 1.82) is 0 Å². The number of aliphatic hydroxyl groups is 4. The van der Waals surface area contributed by atoms with E-state index < -0.39 is 43.2 Å². The van der Waals surface area contributed by atoms with Crippen molar-refractivity contribution in [1.82, 2.24) is 0 Å². The normalized spacial score (nSPS) is 29.0. The number of halogens is 3. The van der Waals surface area contributed by atoms with E-state index in [-0.39, 0.29) is 12.4 Å². The lowest BCUT2D eigenvalue weighted by Crippen LogP contribution is -2.63. The minimum Gasteiger partial charge on any atom is -0.406 e.